The zero-order valence-electron chi connectivity index (χ0n) is 20.0. The summed E-state index contributed by atoms with van der Waals surface area (Å²) in [5, 5.41) is 0. The molecule has 0 radical (unpaired) electrons. The van der Waals surface area contributed by atoms with Crippen LogP contribution in [0.5, 0.6) is 0 Å². The third-order valence-corrected chi connectivity index (χ3v) is 4.97. The summed E-state index contributed by atoms with van der Waals surface area (Å²) in [6.07, 6.45) is 2.80. The molecule has 0 aromatic heterocycles. The van der Waals surface area contributed by atoms with Gasteiger partial charge in [-0.05, 0) is 38.8 Å². The van der Waals surface area contributed by atoms with Gasteiger partial charge in [0.05, 0.1) is 66.1 Å². The van der Waals surface area contributed by atoms with Gasteiger partial charge in [0.25, 0.3) is 0 Å². The van der Waals surface area contributed by atoms with E-state index in [9.17, 15) is 4.57 Å². The van der Waals surface area contributed by atoms with E-state index in [4.69, 9.17) is 54.4 Å². The Kier molecular flexibility index (Phi) is 26.2. The molecule has 6 N–H and O–H groups in total. The van der Waals surface area contributed by atoms with Gasteiger partial charge in [-0.2, -0.15) is 0 Å². The fourth-order valence-corrected chi connectivity index (χ4v) is 3.04. The van der Waals surface area contributed by atoms with E-state index in [0.717, 1.165) is 12.8 Å². The van der Waals surface area contributed by atoms with Crippen molar-refractivity contribution in [2.45, 2.75) is 25.7 Å². The van der Waals surface area contributed by atoms with E-state index < -0.39 is 7.75 Å². The number of hydrogen-bond acceptors (Lipinski definition) is 11. The standard InChI is InChI=1S/C20H46N3O9P/c21-5-1-7-25-13-17-29-19-15-27-9-3-11-31-33(23,24)32-12-4-10-28-16-20-30-18-14-26-8-2-6-22/h1-22H2,(H2,23,24). The molecule has 0 saturated carbocycles. The first-order chi connectivity index (χ1) is 16.1. The van der Waals surface area contributed by atoms with Crippen molar-refractivity contribution in [2.24, 2.45) is 17.0 Å². The Morgan fingerprint density at radius 3 is 1.00 bits per heavy atom. The van der Waals surface area contributed by atoms with Crippen LogP contribution < -0.4 is 17.0 Å². The van der Waals surface area contributed by atoms with Crippen LogP contribution in [0.25, 0.3) is 0 Å². The summed E-state index contributed by atoms with van der Waals surface area (Å²) in [4.78, 5) is 0. The van der Waals surface area contributed by atoms with Gasteiger partial charge in [-0.15, -0.1) is 0 Å². The molecule has 0 amide bonds. The van der Waals surface area contributed by atoms with Crippen molar-refractivity contribution in [1.29, 1.82) is 0 Å². The van der Waals surface area contributed by atoms with Crippen LogP contribution in [0.2, 0.25) is 0 Å². The maximum absolute atomic E-state index is 12.0. The summed E-state index contributed by atoms with van der Waals surface area (Å²) in [5.74, 6) is 0. The molecule has 200 valence electrons. The minimum absolute atomic E-state index is 0.188. The van der Waals surface area contributed by atoms with E-state index in [-0.39, 0.29) is 13.2 Å². The molecule has 0 aliphatic carbocycles. The molecule has 0 saturated heterocycles. The Morgan fingerprint density at radius 2 is 0.697 bits per heavy atom. The van der Waals surface area contributed by atoms with Gasteiger partial charge in [-0.25, -0.2) is 10.1 Å². The lowest BCUT2D eigenvalue weighted by Crippen LogP contribution is -2.13. The molecule has 0 unspecified atom stereocenters. The lowest BCUT2D eigenvalue weighted by atomic mass is 10.5. The van der Waals surface area contributed by atoms with Crippen molar-refractivity contribution in [3.8, 4) is 0 Å². The zero-order chi connectivity index (χ0) is 24.3. The highest BCUT2D eigenvalue weighted by atomic mass is 31.2. The van der Waals surface area contributed by atoms with E-state index in [1.807, 2.05) is 0 Å². The highest BCUT2D eigenvalue weighted by Crippen LogP contribution is 2.38. The molecule has 0 aromatic rings. The van der Waals surface area contributed by atoms with Crippen molar-refractivity contribution in [3.05, 3.63) is 0 Å². The molecule has 0 rings (SSSR count). The maximum atomic E-state index is 12.0. The monoisotopic (exact) mass is 503 g/mol. The van der Waals surface area contributed by atoms with Crippen LogP contribution in [-0.2, 0) is 42.0 Å². The van der Waals surface area contributed by atoms with Crippen LogP contribution in [-0.4, -0.2) is 106 Å². The normalized spacial score (nSPS) is 12.0. The molecular formula is C20H46N3O9P. The van der Waals surface area contributed by atoms with Gasteiger partial charge in [-0.1, -0.05) is 0 Å². The maximum Gasteiger partial charge on any atom is 0.402 e. The van der Waals surface area contributed by atoms with Gasteiger partial charge >= 0.3 is 7.75 Å². The first kappa shape index (κ1) is 32.8. The fourth-order valence-electron chi connectivity index (χ4n) is 2.20. The van der Waals surface area contributed by atoms with Crippen molar-refractivity contribution in [3.63, 3.8) is 0 Å². The van der Waals surface area contributed by atoms with E-state index >= 15 is 0 Å². The van der Waals surface area contributed by atoms with Crippen molar-refractivity contribution in [1.82, 2.24) is 0 Å². The zero-order valence-corrected chi connectivity index (χ0v) is 20.9. The molecule has 12 nitrogen and oxygen atoms in total. The molecule has 0 atom stereocenters. The molecule has 0 fully saturated rings. The number of hydrogen-bond donors (Lipinski definition) is 3. The molecule has 13 heteroatoms. The molecule has 0 heterocycles. The third kappa shape index (κ3) is 27.9. The van der Waals surface area contributed by atoms with E-state index in [2.05, 4.69) is 0 Å². The minimum atomic E-state index is -3.56. The molecular weight excluding hydrogens is 457 g/mol. The molecule has 0 aliphatic rings. The fraction of sp³-hybridized carbons (Fsp3) is 1.00. The predicted molar refractivity (Wildman–Crippen MR) is 125 cm³/mol. The SMILES string of the molecule is NCCCOCCOCCOCCCOP(N)(=O)OCCCOCCOCCOCCCN. The van der Waals surface area contributed by atoms with E-state index in [0.29, 0.717) is 105 Å². The second-order valence-corrected chi connectivity index (χ2v) is 8.47. The van der Waals surface area contributed by atoms with Crippen LogP contribution >= 0.6 is 7.75 Å². The summed E-state index contributed by atoms with van der Waals surface area (Å²) in [5.41, 5.74) is 16.3. The van der Waals surface area contributed by atoms with Crippen LogP contribution in [0, 0.1) is 0 Å². The van der Waals surface area contributed by atoms with E-state index in [1.165, 1.54) is 0 Å². The largest absolute Gasteiger partial charge is 0.402 e. The van der Waals surface area contributed by atoms with Crippen LogP contribution in [0.3, 0.4) is 0 Å². The summed E-state index contributed by atoms with van der Waals surface area (Å²) in [7, 11) is -3.56. The first-order valence-electron chi connectivity index (χ1n) is 11.7. The Morgan fingerprint density at radius 1 is 0.424 bits per heavy atom. The highest BCUT2D eigenvalue weighted by molar-refractivity contribution is 7.51. The van der Waals surface area contributed by atoms with Gasteiger partial charge in [-0.3, -0.25) is 9.05 Å². The van der Waals surface area contributed by atoms with Crippen molar-refractivity contribution < 1.29 is 42.0 Å². The molecule has 0 bridgehead atoms. The first-order valence-corrected chi connectivity index (χ1v) is 13.3. The van der Waals surface area contributed by atoms with Gasteiger partial charge < -0.3 is 39.9 Å². The predicted octanol–water partition coefficient (Wildman–Crippen LogP) is 0.664. The number of ether oxygens (including phenoxy) is 6. The molecule has 33 heavy (non-hydrogen) atoms. The van der Waals surface area contributed by atoms with Gasteiger partial charge in [0.15, 0.2) is 0 Å². The van der Waals surface area contributed by atoms with Gasteiger partial charge in [0, 0.05) is 26.4 Å². The van der Waals surface area contributed by atoms with E-state index in [1.54, 1.807) is 0 Å². The highest BCUT2D eigenvalue weighted by Gasteiger charge is 2.17. The second-order valence-electron chi connectivity index (χ2n) is 6.87. The van der Waals surface area contributed by atoms with Crippen LogP contribution in [0.1, 0.15) is 25.7 Å². The quantitative estimate of drug-likeness (QED) is 0.101. The Bertz CT molecular complexity index is 406. The topological polar surface area (TPSA) is 169 Å². The Balaban J connectivity index is 3.29. The number of nitrogens with two attached hydrogens (primary N) is 3. The third-order valence-electron chi connectivity index (χ3n) is 3.88. The average molecular weight is 504 g/mol. The Hall–Kier alpha value is -0.210. The lowest BCUT2D eigenvalue weighted by Gasteiger charge is -2.13. The van der Waals surface area contributed by atoms with Crippen LogP contribution in [0.15, 0.2) is 0 Å². The number of rotatable bonds is 28. The van der Waals surface area contributed by atoms with Gasteiger partial charge in [0.2, 0.25) is 0 Å². The summed E-state index contributed by atoms with van der Waals surface area (Å²) >= 11 is 0. The summed E-state index contributed by atoms with van der Waals surface area (Å²) in [6, 6.07) is 0. The van der Waals surface area contributed by atoms with Crippen LogP contribution in [0.4, 0.5) is 0 Å². The van der Waals surface area contributed by atoms with Crippen molar-refractivity contribution >= 4 is 7.75 Å². The molecule has 0 aromatic carbocycles. The average Bonchev–Trinajstić information content (AvgIpc) is 2.80. The molecule has 0 aliphatic heterocycles. The summed E-state index contributed by atoms with van der Waals surface area (Å²) in [6.45, 7) is 7.88. The van der Waals surface area contributed by atoms with Gasteiger partial charge in [0.1, 0.15) is 0 Å². The Labute approximate surface area is 198 Å². The molecule has 0 spiro atoms. The lowest BCUT2D eigenvalue weighted by molar-refractivity contribution is 0.0115. The second kappa shape index (κ2) is 26.4. The smallest absolute Gasteiger partial charge is 0.379 e. The summed E-state index contributed by atoms with van der Waals surface area (Å²) < 4.78 is 54.4. The minimum Gasteiger partial charge on any atom is -0.379 e. The van der Waals surface area contributed by atoms with Crippen molar-refractivity contribution in [2.75, 3.05) is 106 Å².